The van der Waals surface area contributed by atoms with Gasteiger partial charge in [-0.2, -0.15) is 4.57 Å². The molecule has 4 aromatic carbocycles. The maximum Gasteiger partial charge on any atom is 0.403 e. The standard InChI is InChI=1S/C30H21N4O2/c35-34(36)26-18-10-17-25-29(26)32-30(31-25)33-27(22-13-6-2-7-14-22)19-24(21-11-4-1-5-12-21)20-28(33)23-15-8-3-9-16-23/h1-20H,(H,31,32)/q+1. The van der Waals surface area contributed by atoms with Gasteiger partial charge in [-0.25, -0.2) is 4.98 Å². The molecule has 0 amide bonds. The monoisotopic (exact) mass is 469 g/mol. The highest BCUT2D eigenvalue weighted by atomic mass is 16.6. The van der Waals surface area contributed by atoms with Crippen molar-refractivity contribution < 1.29 is 9.49 Å². The van der Waals surface area contributed by atoms with Crippen LogP contribution in [0.3, 0.4) is 0 Å². The molecule has 6 aromatic rings. The number of nitro groups is 1. The Bertz CT molecular complexity index is 1640. The van der Waals surface area contributed by atoms with Crippen LogP contribution in [0.15, 0.2) is 121 Å². The van der Waals surface area contributed by atoms with Gasteiger partial charge in [-0.15, -0.1) is 0 Å². The molecule has 0 radical (unpaired) electrons. The second kappa shape index (κ2) is 8.92. The van der Waals surface area contributed by atoms with E-state index < -0.39 is 4.92 Å². The first-order valence-electron chi connectivity index (χ1n) is 11.6. The molecule has 0 aliphatic heterocycles. The summed E-state index contributed by atoms with van der Waals surface area (Å²) in [5, 5.41) is 11.7. The molecule has 172 valence electrons. The van der Waals surface area contributed by atoms with Crippen molar-refractivity contribution in [1.29, 1.82) is 0 Å². The van der Waals surface area contributed by atoms with E-state index in [9.17, 15) is 10.1 Å². The van der Waals surface area contributed by atoms with E-state index in [1.165, 1.54) is 6.07 Å². The summed E-state index contributed by atoms with van der Waals surface area (Å²) in [4.78, 5) is 19.4. The summed E-state index contributed by atoms with van der Waals surface area (Å²) in [7, 11) is 0. The predicted octanol–water partition coefficient (Wildman–Crippen LogP) is 6.75. The minimum Gasteiger partial charge on any atom is -0.258 e. The van der Waals surface area contributed by atoms with Crippen LogP contribution in [0.4, 0.5) is 5.69 Å². The van der Waals surface area contributed by atoms with Crippen molar-refractivity contribution in [2.75, 3.05) is 0 Å². The van der Waals surface area contributed by atoms with Crippen molar-refractivity contribution in [3.05, 3.63) is 131 Å². The number of benzene rings is 4. The van der Waals surface area contributed by atoms with Gasteiger partial charge in [0.15, 0.2) is 0 Å². The minimum atomic E-state index is -0.396. The maximum atomic E-state index is 11.7. The molecular formula is C30H21N4O2+. The number of rotatable bonds is 5. The number of non-ortho nitro benzene ring substituents is 1. The highest BCUT2D eigenvalue weighted by molar-refractivity contribution is 5.85. The third-order valence-electron chi connectivity index (χ3n) is 6.20. The molecule has 6 nitrogen and oxygen atoms in total. The normalized spacial score (nSPS) is 11.0. The topological polar surface area (TPSA) is 75.7 Å². The molecular weight excluding hydrogens is 448 g/mol. The number of imidazole rings is 1. The summed E-state index contributed by atoms with van der Waals surface area (Å²) in [5.74, 6) is 0.511. The average molecular weight is 470 g/mol. The van der Waals surface area contributed by atoms with E-state index in [0.29, 0.717) is 17.0 Å². The van der Waals surface area contributed by atoms with E-state index in [4.69, 9.17) is 4.98 Å². The number of pyridine rings is 1. The van der Waals surface area contributed by atoms with Gasteiger partial charge in [0.25, 0.3) is 5.52 Å². The molecule has 0 bridgehead atoms. The van der Waals surface area contributed by atoms with Crippen molar-refractivity contribution >= 4 is 16.7 Å². The van der Waals surface area contributed by atoms with Gasteiger partial charge >= 0.3 is 11.6 Å². The molecule has 0 saturated carbocycles. The van der Waals surface area contributed by atoms with Crippen LogP contribution < -0.4 is 4.57 Å². The van der Waals surface area contributed by atoms with Gasteiger partial charge in [-0.1, -0.05) is 102 Å². The Hall–Kier alpha value is -5.10. The van der Waals surface area contributed by atoms with E-state index in [-0.39, 0.29) is 5.69 Å². The third kappa shape index (κ3) is 3.80. The zero-order chi connectivity index (χ0) is 24.5. The molecule has 6 rings (SSSR count). The smallest absolute Gasteiger partial charge is 0.258 e. The summed E-state index contributed by atoms with van der Waals surface area (Å²) in [6.07, 6.45) is 0. The first-order valence-corrected chi connectivity index (χ1v) is 11.6. The van der Waals surface area contributed by atoms with Crippen molar-refractivity contribution in [2.45, 2.75) is 0 Å². The fourth-order valence-corrected chi connectivity index (χ4v) is 4.52. The van der Waals surface area contributed by atoms with Gasteiger partial charge in [0, 0.05) is 17.2 Å². The van der Waals surface area contributed by atoms with E-state index in [0.717, 1.165) is 33.6 Å². The molecule has 0 unspecified atom stereocenters. The molecule has 0 spiro atoms. The van der Waals surface area contributed by atoms with Crippen molar-refractivity contribution in [3.8, 4) is 39.6 Å². The van der Waals surface area contributed by atoms with Crippen LogP contribution in [0.2, 0.25) is 0 Å². The second-order valence-electron chi connectivity index (χ2n) is 8.44. The zero-order valence-corrected chi connectivity index (χ0v) is 19.2. The Morgan fingerprint density at radius 2 is 1.17 bits per heavy atom. The molecule has 0 aliphatic carbocycles. The Labute approximate surface area is 207 Å². The lowest BCUT2D eigenvalue weighted by atomic mass is 9.99. The Morgan fingerprint density at radius 1 is 0.639 bits per heavy atom. The highest BCUT2D eigenvalue weighted by Crippen LogP contribution is 2.31. The number of nitrogens with zero attached hydrogens (tertiary/aromatic N) is 3. The van der Waals surface area contributed by atoms with Crippen molar-refractivity contribution in [1.82, 2.24) is 9.97 Å². The number of aromatic nitrogens is 3. The van der Waals surface area contributed by atoms with Crippen LogP contribution >= 0.6 is 0 Å². The van der Waals surface area contributed by atoms with Crippen LogP contribution in [0.1, 0.15) is 0 Å². The lowest BCUT2D eigenvalue weighted by Gasteiger charge is -2.15. The number of H-pyrrole nitrogens is 1. The molecule has 6 heteroatoms. The largest absolute Gasteiger partial charge is 0.403 e. The average Bonchev–Trinajstić information content (AvgIpc) is 3.38. The number of nitro benzene ring substituents is 1. The van der Waals surface area contributed by atoms with Crippen molar-refractivity contribution in [2.24, 2.45) is 0 Å². The van der Waals surface area contributed by atoms with E-state index in [1.807, 2.05) is 65.2 Å². The summed E-state index contributed by atoms with van der Waals surface area (Å²) in [6.45, 7) is 0. The number of nitrogens with one attached hydrogen (secondary N) is 1. The van der Waals surface area contributed by atoms with Gasteiger partial charge in [0.05, 0.1) is 4.92 Å². The lowest BCUT2D eigenvalue weighted by molar-refractivity contribution is -0.579. The summed E-state index contributed by atoms with van der Waals surface area (Å²) >= 11 is 0. The van der Waals surface area contributed by atoms with Gasteiger partial charge < -0.3 is 0 Å². The molecule has 0 saturated heterocycles. The Kier molecular flexibility index (Phi) is 5.31. The first-order chi connectivity index (χ1) is 17.7. The van der Waals surface area contributed by atoms with Crippen LogP contribution in [-0.2, 0) is 0 Å². The SMILES string of the molecule is O=[N+]([O-])c1cccc2[nH]c(-[n+]3c(-c4ccccc4)cc(-c4ccccc4)cc3-c3ccccc3)nc12. The molecule has 0 fully saturated rings. The molecule has 2 aromatic heterocycles. The fraction of sp³-hybridized carbons (Fsp3) is 0. The maximum absolute atomic E-state index is 11.7. The first kappa shape index (κ1) is 21.4. The molecule has 1 N–H and O–H groups in total. The fourth-order valence-electron chi connectivity index (χ4n) is 4.52. The van der Waals surface area contributed by atoms with Gasteiger partial charge in [-0.05, 0) is 29.3 Å². The minimum absolute atomic E-state index is 0.0287. The number of aromatic amines is 1. The molecule has 0 atom stereocenters. The van der Waals surface area contributed by atoms with Crippen LogP contribution in [0, 0.1) is 10.1 Å². The summed E-state index contributed by atoms with van der Waals surface area (Å²) < 4.78 is 2.04. The van der Waals surface area contributed by atoms with E-state index in [1.54, 1.807) is 6.07 Å². The Balaban J connectivity index is 1.72. The van der Waals surface area contributed by atoms with Crippen molar-refractivity contribution in [3.63, 3.8) is 0 Å². The Morgan fingerprint density at radius 3 is 1.69 bits per heavy atom. The highest BCUT2D eigenvalue weighted by Gasteiger charge is 2.27. The van der Waals surface area contributed by atoms with Crippen LogP contribution in [-0.4, -0.2) is 14.9 Å². The lowest BCUT2D eigenvalue weighted by Crippen LogP contribution is -2.37. The van der Waals surface area contributed by atoms with E-state index >= 15 is 0 Å². The second-order valence-corrected chi connectivity index (χ2v) is 8.44. The number of hydrogen-bond donors (Lipinski definition) is 1. The third-order valence-corrected chi connectivity index (χ3v) is 6.20. The molecule has 0 aliphatic rings. The van der Waals surface area contributed by atoms with Crippen LogP contribution in [0.25, 0.3) is 50.6 Å². The number of para-hydroxylation sites is 1. The summed E-state index contributed by atoms with van der Waals surface area (Å²) in [6, 6.07) is 39.7. The zero-order valence-electron chi connectivity index (χ0n) is 19.2. The molecule has 36 heavy (non-hydrogen) atoms. The van der Waals surface area contributed by atoms with E-state index in [2.05, 4.69) is 53.5 Å². The summed E-state index contributed by atoms with van der Waals surface area (Å²) in [5.41, 5.74) is 6.90. The van der Waals surface area contributed by atoms with Gasteiger partial charge in [0.2, 0.25) is 0 Å². The predicted molar refractivity (Wildman–Crippen MR) is 141 cm³/mol. The number of fused-ring (bicyclic) bond motifs is 1. The van der Waals surface area contributed by atoms with Crippen LogP contribution in [0.5, 0.6) is 0 Å². The van der Waals surface area contributed by atoms with Gasteiger partial charge in [0.1, 0.15) is 16.9 Å². The van der Waals surface area contributed by atoms with Gasteiger partial charge in [-0.3, -0.25) is 10.1 Å². The number of hydrogen-bond acceptors (Lipinski definition) is 3. The molecule has 2 heterocycles. The quantitative estimate of drug-likeness (QED) is 0.172.